The summed E-state index contributed by atoms with van der Waals surface area (Å²) in [5, 5.41) is 14.3. The summed E-state index contributed by atoms with van der Waals surface area (Å²) >= 11 is 0. The number of nitrogens with one attached hydrogen (secondary N) is 1. The van der Waals surface area contributed by atoms with Gasteiger partial charge in [-0.25, -0.2) is 4.79 Å². The number of amides is 1. The largest absolute Gasteiger partial charge is 0.452 e. The number of carbonyl (C=O) groups excluding carboxylic acids is 2. The third kappa shape index (κ3) is 5.68. The highest BCUT2D eigenvalue weighted by Crippen LogP contribution is 2.32. The predicted molar refractivity (Wildman–Crippen MR) is 107 cm³/mol. The normalized spacial score (nSPS) is 17.1. The average molecular weight is 391 g/mol. The molecule has 1 aliphatic heterocycles. The fourth-order valence-corrected chi connectivity index (χ4v) is 3.19. The molecule has 0 spiro atoms. The van der Waals surface area contributed by atoms with Gasteiger partial charge in [0.15, 0.2) is 6.61 Å². The SMILES string of the molecule is CCC(C)(C)NC(=O)COC(=O)c1ccc(N2CCC[C@H](C)C2)c([N+](=O)[O-])c1. The van der Waals surface area contributed by atoms with Crippen LogP contribution in [0, 0.1) is 16.0 Å². The number of nitro groups is 1. The molecule has 28 heavy (non-hydrogen) atoms. The van der Waals surface area contributed by atoms with Crippen molar-refractivity contribution in [2.45, 2.75) is 52.5 Å². The van der Waals surface area contributed by atoms with Crippen molar-refractivity contribution in [1.29, 1.82) is 0 Å². The quantitative estimate of drug-likeness (QED) is 0.435. The van der Waals surface area contributed by atoms with E-state index in [1.807, 2.05) is 25.7 Å². The number of piperidine rings is 1. The van der Waals surface area contributed by atoms with Gasteiger partial charge in [-0.15, -0.1) is 0 Å². The molecule has 1 atom stereocenters. The first-order chi connectivity index (χ1) is 13.1. The van der Waals surface area contributed by atoms with E-state index < -0.39 is 28.9 Å². The van der Waals surface area contributed by atoms with Crippen LogP contribution in [0.2, 0.25) is 0 Å². The van der Waals surface area contributed by atoms with Gasteiger partial charge in [0.1, 0.15) is 5.69 Å². The van der Waals surface area contributed by atoms with Crippen molar-refractivity contribution in [2.75, 3.05) is 24.6 Å². The smallest absolute Gasteiger partial charge is 0.338 e. The Hall–Kier alpha value is -2.64. The van der Waals surface area contributed by atoms with Crippen LogP contribution in [0.15, 0.2) is 18.2 Å². The Kier molecular flexibility index (Phi) is 6.99. The molecule has 0 radical (unpaired) electrons. The number of nitrogens with zero attached hydrogens (tertiary/aromatic N) is 2. The highest BCUT2D eigenvalue weighted by atomic mass is 16.6. The number of ether oxygens (including phenoxy) is 1. The Balaban J connectivity index is 2.09. The fraction of sp³-hybridized carbons (Fsp3) is 0.600. The lowest BCUT2D eigenvalue weighted by molar-refractivity contribution is -0.384. The number of nitro benzene ring substituents is 1. The first kappa shape index (κ1) is 21.7. The standard InChI is InChI=1S/C20H29N3O5/c1-5-20(3,4)21-18(24)13-28-19(25)15-8-9-16(17(11-15)23(26)27)22-10-6-7-14(2)12-22/h8-9,11,14H,5-7,10,12-13H2,1-4H3,(H,21,24)/t14-/m0/s1. The molecule has 8 nitrogen and oxygen atoms in total. The molecular formula is C20H29N3O5. The van der Waals surface area contributed by atoms with Crippen LogP contribution in [0.1, 0.15) is 57.3 Å². The van der Waals surface area contributed by atoms with Crippen molar-refractivity contribution in [3.05, 3.63) is 33.9 Å². The average Bonchev–Trinajstić information content (AvgIpc) is 2.65. The van der Waals surface area contributed by atoms with Crippen molar-refractivity contribution in [2.24, 2.45) is 5.92 Å². The molecule has 0 saturated carbocycles. The minimum Gasteiger partial charge on any atom is -0.452 e. The second-order valence-corrected chi connectivity index (χ2v) is 8.02. The number of anilines is 1. The predicted octanol–water partition coefficient (Wildman–Crippen LogP) is 3.29. The monoisotopic (exact) mass is 391 g/mol. The van der Waals surface area contributed by atoms with E-state index in [0.717, 1.165) is 32.4 Å². The third-order valence-corrected chi connectivity index (χ3v) is 5.10. The van der Waals surface area contributed by atoms with E-state index in [0.29, 0.717) is 11.6 Å². The molecule has 8 heteroatoms. The zero-order valence-corrected chi connectivity index (χ0v) is 17.0. The van der Waals surface area contributed by atoms with Gasteiger partial charge in [-0.3, -0.25) is 14.9 Å². The maximum absolute atomic E-state index is 12.3. The van der Waals surface area contributed by atoms with Gasteiger partial charge in [0.05, 0.1) is 10.5 Å². The Bertz CT molecular complexity index is 747. The molecule has 1 aromatic carbocycles. The molecule has 0 bridgehead atoms. The molecule has 1 amide bonds. The van der Waals surface area contributed by atoms with E-state index in [9.17, 15) is 19.7 Å². The fourth-order valence-electron chi connectivity index (χ4n) is 3.19. The summed E-state index contributed by atoms with van der Waals surface area (Å²) in [7, 11) is 0. The number of benzene rings is 1. The van der Waals surface area contributed by atoms with E-state index in [1.54, 1.807) is 6.07 Å². The maximum atomic E-state index is 12.3. The summed E-state index contributed by atoms with van der Waals surface area (Å²) in [5.41, 5.74) is 0.0499. The van der Waals surface area contributed by atoms with Gasteiger partial charge in [-0.1, -0.05) is 13.8 Å². The Morgan fingerprint density at radius 2 is 2.11 bits per heavy atom. The number of carbonyl (C=O) groups is 2. The summed E-state index contributed by atoms with van der Waals surface area (Å²) in [4.78, 5) is 37.2. The molecule has 154 valence electrons. The van der Waals surface area contributed by atoms with Crippen molar-refractivity contribution in [3.63, 3.8) is 0 Å². The molecule has 1 aliphatic rings. The van der Waals surface area contributed by atoms with E-state index in [2.05, 4.69) is 12.2 Å². The number of rotatable bonds is 7. The summed E-state index contributed by atoms with van der Waals surface area (Å²) in [6.45, 7) is 8.87. The minimum atomic E-state index is -0.758. The lowest BCUT2D eigenvalue weighted by Crippen LogP contribution is -2.44. The third-order valence-electron chi connectivity index (χ3n) is 5.10. The topological polar surface area (TPSA) is 102 Å². The lowest BCUT2D eigenvalue weighted by Gasteiger charge is -2.32. The van der Waals surface area contributed by atoms with E-state index in [-0.39, 0.29) is 11.3 Å². The Morgan fingerprint density at radius 1 is 1.39 bits per heavy atom. The maximum Gasteiger partial charge on any atom is 0.338 e. The summed E-state index contributed by atoms with van der Waals surface area (Å²) in [6, 6.07) is 4.33. The molecule has 0 aliphatic carbocycles. The van der Waals surface area contributed by atoms with Crippen LogP contribution in [0.3, 0.4) is 0 Å². The first-order valence-corrected chi connectivity index (χ1v) is 9.64. The second-order valence-electron chi connectivity index (χ2n) is 8.02. The molecule has 1 N–H and O–H groups in total. The molecule has 2 rings (SSSR count). The van der Waals surface area contributed by atoms with Gasteiger partial charge in [-0.05, 0) is 51.2 Å². The van der Waals surface area contributed by atoms with E-state index in [4.69, 9.17) is 4.74 Å². The van der Waals surface area contributed by atoms with Gasteiger partial charge in [0.25, 0.3) is 11.6 Å². The zero-order chi connectivity index (χ0) is 20.9. The zero-order valence-electron chi connectivity index (χ0n) is 17.0. The Labute approximate surface area is 165 Å². The highest BCUT2D eigenvalue weighted by molar-refractivity contribution is 5.93. The van der Waals surface area contributed by atoms with Crippen LogP contribution in [0.4, 0.5) is 11.4 Å². The summed E-state index contributed by atoms with van der Waals surface area (Å²) < 4.78 is 5.03. The Morgan fingerprint density at radius 3 is 2.71 bits per heavy atom. The van der Waals surface area contributed by atoms with Crippen molar-refractivity contribution in [3.8, 4) is 0 Å². The van der Waals surface area contributed by atoms with Crippen LogP contribution in [0.5, 0.6) is 0 Å². The molecule has 1 fully saturated rings. The number of hydrogen-bond acceptors (Lipinski definition) is 6. The van der Waals surface area contributed by atoms with Gasteiger partial charge in [-0.2, -0.15) is 0 Å². The van der Waals surface area contributed by atoms with Gasteiger partial charge < -0.3 is 15.0 Å². The second kappa shape index (κ2) is 9.03. The van der Waals surface area contributed by atoms with Crippen LogP contribution in [-0.2, 0) is 9.53 Å². The van der Waals surface area contributed by atoms with Gasteiger partial charge in [0.2, 0.25) is 0 Å². The van der Waals surface area contributed by atoms with E-state index >= 15 is 0 Å². The lowest BCUT2D eigenvalue weighted by atomic mass is 9.99. The van der Waals surface area contributed by atoms with E-state index in [1.165, 1.54) is 12.1 Å². The minimum absolute atomic E-state index is 0.0584. The molecule has 1 heterocycles. The number of hydrogen-bond donors (Lipinski definition) is 1. The van der Waals surface area contributed by atoms with Crippen LogP contribution < -0.4 is 10.2 Å². The summed E-state index contributed by atoms with van der Waals surface area (Å²) in [5.74, 6) is -0.705. The van der Waals surface area contributed by atoms with Gasteiger partial charge >= 0.3 is 5.97 Å². The molecule has 0 aromatic heterocycles. The van der Waals surface area contributed by atoms with Crippen LogP contribution >= 0.6 is 0 Å². The molecule has 0 unspecified atom stereocenters. The molecule has 1 saturated heterocycles. The molecular weight excluding hydrogens is 362 g/mol. The van der Waals surface area contributed by atoms with Crippen LogP contribution in [-0.4, -0.2) is 42.0 Å². The number of esters is 1. The van der Waals surface area contributed by atoms with Crippen molar-refractivity contribution in [1.82, 2.24) is 5.32 Å². The molecule has 1 aromatic rings. The van der Waals surface area contributed by atoms with Gasteiger partial charge in [0, 0.05) is 24.7 Å². The van der Waals surface area contributed by atoms with Crippen LogP contribution in [0.25, 0.3) is 0 Å². The van der Waals surface area contributed by atoms with Crippen molar-refractivity contribution < 1.29 is 19.2 Å². The highest BCUT2D eigenvalue weighted by Gasteiger charge is 2.26. The van der Waals surface area contributed by atoms with Crippen molar-refractivity contribution >= 4 is 23.3 Å². The summed E-state index contributed by atoms with van der Waals surface area (Å²) in [6.07, 6.45) is 2.81. The first-order valence-electron chi connectivity index (χ1n) is 9.64.